The van der Waals surface area contributed by atoms with Gasteiger partial charge in [0.2, 0.25) is 0 Å². The van der Waals surface area contributed by atoms with Crippen molar-refractivity contribution >= 4 is 11.9 Å². The van der Waals surface area contributed by atoms with E-state index in [9.17, 15) is 18.0 Å². The molecule has 0 spiro atoms. The van der Waals surface area contributed by atoms with Crippen LogP contribution in [0, 0.1) is 18.7 Å². The number of ether oxygens (including phenoxy) is 1. The minimum absolute atomic E-state index is 0.125. The van der Waals surface area contributed by atoms with Gasteiger partial charge in [-0.05, 0) is 42.7 Å². The van der Waals surface area contributed by atoms with Crippen molar-refractivity contribution < 1.29 is 22.7 Å². The van der Waals surface area contributed by atoms with Crippen LogP contribution in [0.25, 0.3) is 0 Å². The Labute approximate surface area is 154 Å². The first-order chi connectivity index (χ1) is 12.9. The number of rotatable bonds is 3. The van der Waals surface area contributed by atoms with Gasteiger partial charge in [-0.25, -0.2) is 18.2 Å². The summed E-state index contributed by atoms with van der Waals surface area (Å²) in [6.07, 6.45) is -2.99. The molecule has 1 heterocycles. The van der Waals surface area contributed by atoms with Crippen molar-refractivity contribution in [1.29, 1.82) is 0 Å². The molecule has 4 nitrogen and oxygen atoms in total. The molecule has 1 amide bonds. The Morgan fingerprint density at radius 2 is 1.96 bits per heavy atom. The van der Waals surface area contributed by atoms with Crippen LogP contribution in [-0.4, -0.2) is 24.5 Å². The largest absolute Gasteiger partial charge is 0.461 e. The molecule has 1 fully saturated rings. The summed E-state index contributed by atoms with van der Waals surface area (Å²) >= 11 is 0. The number of benzene rings is 2. The Kier molecular flexibility index (Phi) is 4.17. The monoisotopic (exact) mass is 374 g/mol. The van der Waals surface area contributed by atoms with Gasteiger partial charge in [0.05, 0.1) is 0 Å². The zero-order valence-corrected chi connectivity index (χ0v) is 14.5. The fraction of sp³-hybridized carbons (Fsp3) is 0.300. The second-order valence-corrected chi connectivity index (χ2v) is 6.77. The summed E-state index contributed by atoms with van der Waals surface area (Å²) in [5, 5.41) is 2.47. The molecule has 0 radical (unpaired) electrons. The maximum atomic E-state index is 14.3. The average Bonchev–Trinajstić information content (AvgIpc) is 3.44. The number of halogens is 3. The molecule has 2 aromatic rings. The number of nitrogens with zero attached hydrogens (tertiary/aromatic N) is 1. The Balaban J connectivity index is 1.74. The predicted octanol–water partition coefficient (Wildman–Crippen LogP) is 3.80. The number of amides is 1. The molecule has 1 aliphatic heterocycles. The van der Waals surface area contributed by atoms with E-state index in [4.69, 9.17) is 4.74 Å². The Hall–Kier alpha value is -2.83. The highest BCUT2D eigenvalue weighted by atomic mass is 19.3. The topological polar surface area (TPSA) is 50.7 Å². The molecule has 1 saturated carbocycles. The number of carbonyl (C=O) groups excluding carboxylic acids is 1. The number of hydrogen-bond donors (Lipinski definition) is 1. The van der Waals surface area contributed by atoms with Gasteiger partial charge in [-0.2, -0.15) is 0 Å². The summed E-state index contributed by atoms with van der Waals surface area (Å²) in [5.41, 5.74) is -1.33. The first-order valence-corrected chi connectivity index (χ1v) is 8.60. The van der Waals surface area contributed by atoms with E-state index in [0.717, 1.165) is 0 Å². The van der Waals surface area contributed by atoms with Crippen LogP contribution in [-0.2, 0) is 10.3 Å². The number of aliphatic imine (C=N–C) groups is 1. The minimum Gasteiger partial charge on any atom is -0.461 e. The minimum atomic E-state index is -2.87. The van der Waals surface area contributed by atoms with Crippen LogP contribution in [0.1, 0.15) is 27.9 Å². The molecule has 2 aliphatic rings. The summed E-state index contributed by atoms with van der Waals surface area (Å²) in [6, 6.07) is 12.2. The van der Waals surface area contributed by atoms with Gasteiger partial charge in [-0.15, -0.1) is 0 Å². The van der Waals surface area contributed by atoms with E-state index in [0.29, 0.717) is 12.0 Å². The number of amidine groups is 1. The second-order valence-electron chi connectivity index (χ2n) is 6.77. The molecule has 2 aromatic carbocycles. The third-order valence-electron chi connectivity index (χ3n) is 5.14. The van der Waals surface area contributed by atoms with Crippen molar-refractivity contribution in [2.24, 2.45) is 10.9 Å². The molecular formula is C20H17F3N2O2. The lowest BCUT2D eigenvalue weighted by molar-refractivity contribution is 0.0180. The lowest BCUT2D eigenvalue weighted by atomic mass is 9.82. The van der Waals surface area contributed by atoms with E-state index in [2.05, 4.69) is 10.3 Å². The molecular weight excluding hydrogens is 357 g/mol. The first-order valence-electron chi connectivity index (χ1n) is 8.60. The van der Waals surface area contributed by atoms with Gasteiger partial charge < -0.3 is 4.74 Å². The third-order valence-corrected chi connectivity index (χ3v) is 5.14. The molecule has 3 atom stereocenters. The van der Waals surface area contributed by atoms with Crippen LogP contribution in [0.3, 0.4) is 0 Å². The van der Waals surface area contributed by atoms with Crippen LogP contribution in [0.2, 0.25) is 0 Å². The SMILES string of the molecule is Cc1c(F)cccc1[C@@]1(C(F)F)N=C(NC(=O)c2ccccc2)O[C@@H]2CC21. The van der Waals surface area contributed by atoms with Crippen LogP contribution in [0.4, 0.5) is 13.2 Å². The van der Waals surface area contributed by atoms with Crippen molar-refractivity contribution in [2.75, 3.05) is 0 Å². The summed E-state index contributed by atoms with van der Waals surface area (Å²) in [7, 11) is 0. The Morgan fingerprint density at radius 3 is 2.67 bits per heavy atom. The van der Waals surface area contributed by atoms with Gasteiger partial charge in [0.25, 0.3) is 18.4 Å². The lowest BCUT2D eigenvalue weighted by Crippen LogP contribution is -2.46. The summed E-state index contributed by atoms with van der Waals surface area (Å²) in [6.45, 7) is 1.46. The molecule has 0 saturated heterocycles. The zero-order valence-electron chi connectivity index (χ0n) is 14.5. The molecule has 0 aromatic heterocycles. The van der Waals surface area contributed by atoms with E-state index >= 15 is 0 Å². The number of carbonyl (C=O) groups is 1. The number of alkyl halides is 2. The van der Waals surface area contributed by atoms with Gasteiger partial charge in [0.1, 0.15) is 11.9 Å². The van der Waals surface area contributed by atoms with Gasteiger partial charge in [0.15, 0.2) is 5.54 Å². The molecule has 1 N–H and O–H groups in total. The van der Waals surface area contributed by atoms with Crippen LogP contribution in [0.5, 0.6) is 0 Å². The molecule has 4 rings (SSSR count). The number of hydrogen-bond acceptors (Lipinski definition) is 3. The molecule has 7 heteroatoms. The van der Waals surface area contributed by atoms with Crippen LogP contribution >= 0.6 is 0 Å². The Morgan fingerprint density at radius 1 is 1.22 bits per heavy atom. The third kappa shape index (κ3) is 2.87. The smallest absolute Gasteiger partial charge is 0.293 e. The second kappa shape index (κ2) is 6.40. The van der Waals surface area contributed by atoms with E-state index < -0.39 is 35.7 Å². The van der Waals surface area contributed by atoms with Crippen LogP contribution < -0.4 is 5.32 Å². The van der Waals surface area contributed by atoms with Crippen molar-refractivity contribution in [3.63, 3.8) is 0 Å². The number of nitrogens with one attached hydrogen (secondary N) is 1. The Bertz CT molecular complexity index is 917. The normalized spacial score (nSPS) is 26.0. The molecule has 140 valence electrons. The van der Waals surface area contributed by atoms with Crippen molar-refractivity contribution in [3.8, 4) is 0 Å². The van der Waals surface area contributed by atoms with Gasteiger partial charge in [-0.3, -0.25) is 10.1 Å². The first kappa shape index (κ1) is 17.6. The van der Waals surface area contributed by atoms with Crippen molar-refractivity contribution in [1.82, 2.24) is 5.32 Å². The molecule has 27 heavy (non-hydrogen) atoms. The fourth-order valence-corrected chi connectivity index (χ4v) is 3.63. The van der Waals surface area contributed by atoms with Crippen LogP contribution in [0.15, 0.2) is 53.5 Å². The zero-order chi connectivity index (χ0) is 19.2. The van der Waals surface area contributed by atoms with E-state index in [1.165, 1.54) is 25.1 Å². The number of fused-ring (bicyclic) bond motifs is 1. The maximum absolute atomic E-state index is 14.3. The van der Waals surface area contributed by atoms with Gasteiger partial charge in [0, 0.05) is 11.5 Å². The highest BCUT2D eigenvalue weighted by Gasteiger charge is 2.64. The molecule has 1 unspecified atom stereocenters. The maximum Gasteiger partial charge on any atom is 0.293 e. The van der Waals surface area contributed by atoms with E-state index in [1.807, 2.05) is 0 Å². The standard InChI is InChI=1S/C20H17F3N2O2/c1-11-13(8-5-9-15(11)21)20(18(22)23)14-10-16(14)27-19(25-20)24-17(26)12-6-3-2-4-7-12/h2-9,14,16,18H,10H2,1H3,(H,24,25,26)/t14?,16-,20-/m1/s1. The lowest BCUT2D eigenvalue weighted by Gasteiger charge is -2.34. The highest BCUT2D eigenvalue weighted by molar-refractivity contribution is 6.04. The van der Waals surface area contributed by atoms with Gasteiger partial charge in [-0.1, -0.05) is 30.3 Å². The van der Waals surface area contributed by atoms with Crippen molar-refractivity contribution in [2.45, 2.75) is 31.4 Å². The highest BCUT2D eigenvalue weighted by Crippen LogP contribution is 2.56. The van der Waals surface area contributed by atoms with E-state index in [1.54, 1.807) is 30.3 Å². The predicted molar refractivity (Wildman–Crippen MR) is 93.1 cm³/mol. The average molecular weight is 374 g/mol. The fourth-order valence-electron chi connectivity index (χ4n) is 3.63. The summed E-state index contributed by atoms with van der Waals surface area (Å²) in [5.74, 6) is -1.63. The van der Waals surface area contributed by atoms with E-state index in [-0.39, 0.29) is 17.1 Å². The molecule has 1 aliphatic carbocycles. The molecule has 0 bridgehead atoms. The summed E-state index contributed by atoms with van der Waals surface area (Å²) < 4.78 is 48.2. The van der Waals surface area contributed by atoms with Gasteiger partial charge >= 0.3 is 0 Å². The quantitative estimate of drug-likeness (QED) is 0.889. The summed E-state index contributed by atoms with van der Waals surface area (Å²) in [4.78, 5) is 16.5. The van der Waals surface area contributed by atoms with Crippen molar-refractivity contribution in [3.05, 3.63) is 71.0 Å².